The number of benzene rings is 1. The summed E-state index contributed by atoms with van der Waals surface area (Å²) in [5.41, 5.74) is 3.51. The molecule has 2 unspecified atom stereocenters. The minimum absolute atomic E-state index is 0.0362. The van der Waals surface area contributed by atoms with Gasteiger partial charge in [-0.15, -0.1) is 0 Å². The number of carbonyl (C=O) groups excluding carboxylic acids is 1. The molecule has 1 aromatic rings. The summed E-state index contributed by atoms with van der Waals surface area (Å²) in [5, 5.41) is 0. The fraction of sp³-hybridized carbons (Fsp3) is 0.571. The molecule has 4 heteroatoms. The summed E-state index contributed by atoms with van der Waals surface area (Å²) in [7, 11) is 0. The summed E-state index contributed by atoms with van der Waals surface area (Å²) < 4.78 is 12.0. The number of nitrogens with zero attached hydrogens (tertiary/aromatic N) is 1. The predicted molar refractivity (Wildman–Crippen MR) is 98.4 cm³/mol. The molecule has 0 bridgehead atoms. The van der Waals surface area contributed by atoms with Crippen molar-refractivity contribution in [2.24, 2.45) is 0 Å². The van der Waals surface area contributed by atoms with Crippen LogP contribution in [0.2, 0.25) is 0 Å². The quantitative estimate of drug-likeness (QED) is 0.768. The van der Waals surface area contributed by atoms with Crippen molar-refractivity contribution >= 4 is 5.91 Å². The first-order chi connectivity index (χ1) is 12.0. The second-order valence-corrected chi connectivity index (χ2v) is 7.47. The zero-order valence-electron chi connectivity index (χ0n) is 15.4. The number of aryl methyl sites for hydroxylation is 2. The van der Waals surface area contributed by atoms with Crippen LogP contribution < -0.4 is 0 Å². The lowest BCUT2D eigenvalue weighted by atomic mass is 9.90. The molecule has 1 amide bonds. The van der Waals surface area contributed by atoms with Gasteiger partial charge in [0, 0.05) is 26.1 Å². The lowest BCUT2D eigenvalue weighted by Crippen LogP contribution is -2.46. The molecule has 2 fully saturated rings. The molecular weight excluding hydrogens is 314 g/mol. The van der Waals surface area contributed by atoms with Crippen molar-refractivity contribution in [1.82, 2.24) is 4.90 Å². The van der Waals surface area contributed by atoms with Crippen LogP contribution in [0.4, 0.5) is 0 Å². The first-order valence-electron chi connectivity index (χ1n) is 9.24. The van der Waals surface area contributed by atoms with Crippen LogP contribution in [0.3, 0.4) is 0 Å². The Hall–Kier alpha value is -1.65. The van der Waals surface area contributed by atoms with Crippen LogP contribution in [0.15, 0.2) is 30.9 Å². The van der Waals surface area contributed by atoms with Crippen molar-refractivity contribution in [1.29, 1.82) is 0 Å². The van der Waals surface area contributed by atoms with Gasteiger partial charge in [-0.05, 0) is 50.3 Å². The monoisotopic (exact) mass is 343 g/mol. The highest BCUT2D eigenvalue weighted by Crippen LogP contribution is 2.35. The van der Waals surface area contributed by atoms with Gasteiger partial charge in [-0.25, -0.2) is 0 Å². The highest BCUT2D eigenvalue weighted by molar-refractivity contribution is 5.87. The maximum Gasteiger partial charge on any atom is 0.246 e. The average molecular weight is 343 g/mol. The third-order valence-electron chi connectivity index (χ3n) is 5.41. The third kappa shape index (κ3) is 4.31. The molecule has 0 aliphatic carbocycles. The Morgan fingerprint density at radius 3 is 2.92 bits per heavy atom. The van der Waals surface area contributed by atoms with Crippen molar-refractivity contribution in [3.05, 3.63) is 47.5 Å². The van der Waals surface area contributed by atoms with Gasteiger partial charge in [0.15, 0.2) is 0 Å². The molecular formula is C21H29NO3. The van der Waals surface area contributed by atoms with E-state index in [4.69, 9.17) is 9.47 Å². The number of hydrogen-bond donors (Lipinski definition) is 0. The van der Waals surface area contributed by atoms with Crippen LogP contribution in [0, 0.1) is 13.8 Å². The fourth-order valence-corrected chi connectivity index (χ4v) is 3.97. The minimum Gasteiger partial charge on any atom is -0.378 e. The first-order valence-corrected chi connectivity index (χ1v) is 9.24. The van der Waals surface area contributed by atoms with Crippen LogP contribution in [-0.2, 0) is 20.8 Å². The summed E-state index contributed by atoms with van der Waals surface area (Å²) in [6.07, 6.45) is 5.64. The molecule has 0 aromatic heterocycles. The molecule has 2 saturated heterocycles. The van der Waals surface area contributed by atoms with Gasteiger partial charge >= 0.3 is 0 Å². The van der Waals surface area contributed by atoms with E-state index in [9.17, 15) is 4.79 Å². The van der Waals surface area contributed by atoms with Crippen molar-refractivity contribution < 1.29 is 14.3 Å². The molecule has 2 heterocycles. The maximum absolute atomic E-state index is 12.4. The summed E-state index contributed by atoms with van der Waals surface area (Å²) >= 11 is 0. The van der Waals surface area contributed by atoms with Gasteiger partial charge in [-0.3, -0.25) is 4.79 Å². The summed E-state index contributed by atoms with van der Waals surface area (Å²) in [6.45, 7) is 10.5. The second kappa shape index (κ2) is 7.71. The van der Waals surface area contributed by atoms with Gasteiger partial charge in [-0.2, -0.15) is 0 Å². The van der Waals surface area contributed by atoms with E-state index in [0.29, 0.717) is 19.7 Å². The number of carbonyl (C=O) groups is 1. The molecule has 3 rings (SSSR count). The van der Waals surface area contributed by atoms with Gasteiger partial charge in [0.1, 0.15) is 0 Å². The number of ether oxygens (including phenoxy) is 2. The van der Waals surface area contributed by atoms with E-state index in [0.717, 1.165) is 32.3 Å². The zero-order chi connectivity index (χ0) is 17.9. The van der Waals surface area contributed by atoms with E-state index < -0.39 is 0 Å². The molecule has 2 atom stereocenters. The molecule has 0 radical (unpaired) electrons. The van der Waals surface area contributed by atoms with E-state index in [2.05, 4.69) is 38.6 Å². The Labute approximate surface area is 150 Å². The number of hydrogen-bond acceptors (Lipinski definition) is 3. The highest BCUT2D eigenvalue weighted by atomic mass is 16.6. The Morgan fingerprint density at radius 1 is 1.40 bits per heavy atom. The van der Waals surface area contributed by atoms with Crippen molar-refractivity contribution in [3.8, 4) is 0 Å². The molecule has 2 aliphatic heterocycles. The maximum atomic E-state index is 12.4. The largest absolute Gasteiger partial charge is 0.378 e. The molecule has 2 aliphatic rings. The molecule has 136 valence electrons. The van der Waals surface area contributed by atoms with Crippen molar-refractivity contribution in [2.75, 3.05) is 19.8 Å². The van der Waals surface area contributed by atoms with Gasteiger partial charge in [0.25, 0.3) is 0 Å². The topological polar surface area (TPSA) is 38.8 Å². The van der Waals surface area contributed by atoms with Crippen molar-refractivity contribution in [2.45, 2.75) is 57.8 Å². The van der Waals surface area contributed by atoms with E-state index in [1.807, 2.05) is 4.90 Å². The molecule has 0 saturated carbocycles. The van der Waals surface area contributed by atoms with Crippen LogP contribution in [0.25, 0.3) is 0 Å². The van der Waals surface area contributed by atoms with E-state index in [1.165, 1.54) is 22.8 Å². The molecule has 4 nitrogen and oxygen atoms in total. The first kappa shape index (κ1) is 18.2. The fourth-order valence-electron chi connectivity index (χ4n) is 3.97. The van der Waals surface area contributed by atoms with Gasteiger partial charge in [0.05, 0.1) is 18.3 Å². The SMILES string of the molecule is C=CC(=O)N(Cc1ccc(C)cc1C)CC1CCCC2(CCOC2)O1. The standard InChI is InChI=1S/C21H29NO3/c1-4-20(23)22(13-18-8-7-16(2)12-17(18)3)14-19-6-5-9-21(25-19)10-11-24-15-21/h4,7-8,12,19H,1,5-6,9-11,13-15H2,2-3H3. The predicted octanol–water partition coefficient (Wildman–Crippen LogP) is 3.55. The van der Waals surface area contributed by atoms with E-state index in [-0.39, 0.29) is 17.6 Å². The molecule has 0 N–H and O–H groups in total. The third-order valence-corrected chi connectivity index (χ3v) is 5.41. The molecule has 25 heavy (non-hydrogen) atoms. The molecule has 1 spiro atoms. The van der Waals surface area contributed by atoms with Crippen LogP contribution in [0.1, 0.15) is 42.4 Å². The van der Waals surface area contributed by atoms with Gasteiger partial charge < -0.3 is 14.4 Å². The Balaban J connectivity index is 1.70. The Kier molecular flexibility index (Phi) is 5.60. The summed E-state index contributed by atoms with van der Waals surface area (Å²) in [5.74, 6) is -0.0362. The van der Waals surface area contributed by atoms with Crippen molar-refractivity contribution in [3.63, 3.8) is 0 Å². The number of amides is 1. The number of rotatable bonds is 5. The molecule has 1 aromatic carbocycles. The average Bonchev–Trinajstić information content (AvgIpc) is 3.03. The van der Waals surface area contributed by atoms with E-state index in [1.54, 1.807) is 0 Å². The lowest BCUT2D eigenvalue weighted by Gasteiger charge is -2.39. The Bertz CT molecular complexity index is 634. The van der Waals surface area contributed by atoms with Gasteiger partial charge in [-0.1, -0.05) is 30.3 Å². The van der Waals surface area contributed by atoms with Gasteiger partial charge in [0.2, 0.25) is 5.91 Å². The summed E-state index contributed by atoms with van der Waals surface area (Å²) in [6, 6.07) is 6.37. The lowest BCUT2D eigenvalue weighted by molar-refractivity contribution is -0.146. The second-order valence-electron chi connectivity index (χ2n) is 7.47. The normalized spacial score (nSPS) is 25.9. The van der Waals surface area contributed by atoms with Crippen LogP contribution >= 0.6 is 0 Å². The summed E-state index contributed by atoms with van der Waals surface area (Å²) in [4.78, 5) is 14.3. The highest BCUT2D eigenvalue weighted by Gasteiger charge is 2.41. The zero-order valence-corrected chi connectivity index (χ0v) is 15.4. The minimum atomic E-state index is -0.119. The smallest absolute Gasteiger partial charge is 0.246 e. The van der Waals surface area contributed by atoms with E-state index >= 15 is 0 Å². The Morgan fingerprint density at radius 2 is 2.24 bits per heavy atom. The van der Waals surface area contributed by atoms with Crippen LogP contribution in [-0.4, -0.2) is 42.3 Å². The van der Waals surface area contributed by atoms with Crippen LogP contribution in [0.5, 0.6) is 0 Å².